The number of nitrogens with two attached hydrogens (primary N) is 1. The first-order chi connectivity index (χ1) is 12.7. The number of anilines is 2. The van der Waals surface area contributed by atoms with Gasteiger partial charge in [-0.15, -0.1) is 0 Å². The third-order valence-corrected chi connectivity index (χ3v) is 5.58. The molecule has 0 aliphatic carbocycles. The van der Waals surface area contributed by atoms with Crippen LogP contribution in [0, 0.1) is 11.3 Å². The number of nitriles is 1. The fourth-order valence-corrected chi connectivity index (χ4v) is 3.95. The zero-order valence-corrected chi connectivity index (χ0v) is 14.8. The van der Waals surface area contributed by atoms with E-state index in [1.165, 1.54) is 0 Å². The summed E-state index contributed by atoms with van der Waals surface area (Å²) in [5.74, 6) is 1.47. The first-order valence-electron chi connectivity index (χ1n) is 9.14. The maximum absolute atomic E-state index is 9.86. The van der Waals surface area contributed by atoms with Crippen LogP contribution in [-0.4, -0.2) is 36.3 Å². The van der Waals surface area contributed by atoms with Gasteiger partial charge in [-0.05, 0) is 24.8 Å². The Bertz CT molecular complexity index is 803. The first kappa shape index (κ1) is 16.8. The fraction of sp³-hybridized carbons (Fsp3) is 0.450. The Morgan fingerprint density at radius 3 is 2.62 bits per heavy atom. The van der Waals surface area contributed by atoms with E-state index in [1.807, 2.05) is 24.3 Å². The van der Waals surface area contributed by atoms with Crippen molar-refractivity contribution in [3.63, 3.8) is 0 Å². The molecule has 0 spiro atoms. The Labute approximate surface area is 153 Å². The van der Waals surface area contributed by atoms with Crippen molar-refractivity contribution in [3.05, 3.63) is 47.7 Å². The summed E-state index contributed by atoms with van der Waals surface area (Å²) in [6.45, 7) is 3.02. The molecular formula is C20H23N5O. The molecule has 1 atom stereocenters. The highest BCUT2D eigenvalue weighted by atomic mass is 16.5. The molecule has 1 aromatic heterocycles. The number of nitrogen functional groups attached to an aromatic ring is 1. The van der Waals surface area contributed by atoms with Gasteiger partial charge in [0.05, 0.1) is 23.8 Å². The average Bonchev–Trinajstić information content (AvgIpc) is 3.23. The minimum absolute atomic E-state index is 0.298. The van der Waals surface area contributed by atoms with E-state index in [0.29, 0.717) is 18.5 Å². The molecule has 2 aromatic rings. The van der Waals surface area contributed by atoms with E-state index in [9.17, 15) is 5.26 Å². The van der Waals surface area contributed by atoms with Crippen molar-refractivity contribution >= 4 is 11.8 Å². The Balaban J connectivity index is 1.54. The standard InChI is InChI=1S/C20H23N5O/c21-14-20(16-4-2-1-3-5-16)7-9-25(10-8-20)18-12-17(23-19(22)24-18)15-6-11-26-13-15/h1-5,12,15H,6-11,13H2,(H2,22,23,24)/t15-/m0/s1. The van der Waals surface area contributed by atoms with E-state index in [4.69, 9.17) is 10.5 Å². The molecule has 2 N–H and O–H groups in total. The molecule has 0 radical (unpaired) electrons. The second-order valence-electron chi connectivity index (χ2n) is 7.12. The lowest BCUT2D eigenvalue weighted by molar-refractivity contribution is 0.193. The van der Waals surface area contributed by atoms with Crippen LogP contribution in [0.25, 0.3) is 0 Å². The lowest BCUT2D eigenvalue weighted by atomic mass is 9.74. The number of hydrogen-bond donors (Lipinski definition) is 1. The van der Waals surface area contributed by atoms with Crippen molar-refractivity contribution < 1.29 is 4.74 Å². The number of aromatic nitrogens is 2. The van der Waals surface area contributed by atoms with Crippen LogP contribution in [0.15, 0.2) is 36.4 Å². The quantitative estimate of drug-likeness (QED) is 0.916. The van der Waals surface area contributed by atoms with Crippen molar-refractivity contribution in [1.82, 2.24) is 9.97 Å². The molecule has 26 heavy (non-hydrogen) atoms. The highest BCUT2D eigenvalue weighted by molar-refractivity contribution is 5.46. The van der Waals surface area contributed by atoms with Gasteiger partial charge in [0.1, 0.15) is 5.82 Å². The molecule has 2 saturated heterocycles. The van der Waals surface area contributed by atoms with E-state index in [0.717, 1.165) is 56.0 Å². The SMILES string of the molecule is N#CC1(c2ccccc2)CCN(c2cc([C@H]3CCOC3)nc(N)n2)CC1. The molecule has 1 aromatic carbocycles. The monoisotopic (exact) mass is 349 g/mol. The molecule has 0 bridgehead atoms. The first-order valence-corrected chi connectivity index (χ1v) is 9.14. The van der Waals surface area contributed by atoms with E-state index >= 15 is 0 Å². The van der Waals surface area contributed by atoms with Gasteiger partial charge < -0.3 is 15.4 Å². The van der Waals surface area contributed by atoms with Crippen LogP contribution in [0.1, 0.15) is 36.4 Å². The van der Waals surface area contributed by atoms with Gasteiger partial charge in [0.15, 0.2) is 0 Å². The number of nitrogens with zero attached hydrogens (tertiary/aromatic N) is 4. The lowest BCUT2D eigenvalue weighted by Crippen LogP contribution is -2.42. The van der Waals surface area contributed by atoms with Crippen LogP contribution >= 0.6 is 0 Å². The average molecular weight is 349 g/mol. The van der Waals surface area contributed by atoms with Gasteiger partial charge in [0, 0.05) is 31.7 Å². The second kappa shape index (κ2) is 6.93. The summed E-state index contributed by atoms with van der Waals surface area (Å²) in [7, 11) is 0. The second-order valence-corrected chi connectivity index (χ2v) is 7.12. The lowest BCUT2D eigenvalue weighted by Gasteiger charge is -2.38. The van der Waals surface area contributed by atoms with Crippen molar-refractivity contribution in [3.8, 4) is 6.07 Å². The number of ether oxygens (including phenoxy) is 1. The molecular weight excluding hydrogens is 326 g/mol. The highest BCUT2D eigenvalue weighted by Crippen LogP contribution is 2.36. The van der Waals surface area contributed by atoms with Gasteiger partial charge in [-0.25, -0.2) is 4.98 Å². The van der Waals surface area contributed by atoms with Gasteiger partial charge in [0.25, 0.3) is 0 Å². The Hall–Kier alpha value is -2.65. The summed E-state index contributed by atoms with van der Waals surface area (Å²) in [5, 5.41) is 9.86. The predicted molar refractivity (Wildman–Crippen MR) is 99.8 cm³/mol. The number of hydrogen-bond acceptors (Lipinski definition) is 6. The number of rotatable bonds is 3. The molecule has 0 amide bonds. The molecule has 2 aliphatic heterocycles. The summed E-state index contributed by atoms with van der Waals surface area (Å²) < 4.78 is 5.48. The maximum atomic E-state index is 9.86. The third-order valence-electron chi connectivity index (χ3n) is 5.58. The van der Waals surface area contributed by atoms with Crippen molar-refractivity contribution in [2.75, 3.05) is 36.9 Å². The molecule has 6 heteroatoms. The van der Waals surface area contributed by atoms with Crippen LogP contribution in [0.5, 0.6) is 0 Å². The molecule has 4 rings (SSSR count). The van der Waals surface area contributed by atoms with Gasteiger partial charge >= 0.3 is 0 Å². The molecule has 3 heterocycles. The van der Waals surface area contributed by atoms with E-state index in [2.05, 4.69) is 33.1 Å². The van der Waals surface area contributed by atoms with Crippen LogP contribution in [-0.2, 0) is 10.2 Å². The molecule has 134 valence electrons. The zero-order chi connectivity index (χ0) is 18.0. The van der Waals surface area contributed by atoms with Crippen LogP contribution in [0.2, 0.25) is 0 Å². The predicted octanol–water partition coefficient (Wildman–Crippen LogP) is 2.62. The van der Waals surface area contributed by atoms with Gasteiger partial charge in [-0.1, -0.05) is 30.3 Å². The molecule has 0 saturated carbocycles. The molecule has 6 nitrogen and oxygen atoms in total. The molecule has 2 fully saturated rings. The van der Waals surface area contributed by atoms with Gasteiger partial charge in [-0.3, -0.25) is 0 Å². The molecule has 2 aliphatic rings. The summed E-state index contributed by atoms with van der Waals surface area (Å²) in [6, 6.07) is 14.7. The normalized spacial score (nSPS) is 22.1. The van der Waals surface area contributed by atoms with Crippen molar-refractivity contribution in [1.29, 1.82) is 5.26 Å². The highest BCUT2D eigenvalue weighted by Gasteiger charge is 2.37. The van der Waals surface area contributed by atoms with Gasteiger partial charge in [0.2, 0.25) is 5.95 Å². The fourth-order valence-electron chi connectivity index (χ4n) is 3.95. The topological polar surface area (TPSA) is 88.1 Å². The van der Waals surface area contributed by atoms with Crippen LogP contribution in [0.4, 0.5) is 11.8 Å². The minimum Gasteiger partial charge on any atom is -0.381 e. The van der Waals surface area contributed by atoms with Crippen LogP contribution < -0.4 is 10.6 Å². The third kappa shape index (κ3) is 3.11. The summed E-state index contributed by atoms with van der Waals surface area (Å²) in [6.07, 6.45) is 2.53. The summed E-state index contributed by atoms with van der Waals surface area (Å²) in [5.41, 5.74) is 7.61. The van der Waals surface area contributed by atoms with Gasteiger partial charge in [-0.2, -0.15) is 10.2 Å². The molecule has 0 unspecified atom stereocenters. The van der Waals surface area contributed by atoms with E-state index < -0.39 is 5.41 Å². The smallest absolute Gasteiger partial charge is 0.222 e. The van der Waals surface area contributed by atoms with Crippen LogP contribution in [0.3, 0.4) is 0 Å². The minimum atomic E-state index is -0.418. The van der Waals surface area contributed by atoms with E-state index in [1.54, 1.807) is 0 Å². The largest absolute Gasteiger partial charge is 0.381 e. The summed E-state index contributed by atoms with van der Waals surface area (Å²) in [4.78, 5) is 11.1. The summed E-state index contributed by atoms with van der Waals surface area (Å²) >= 11 is 0. The maximum Gasteiger partial charge on any atom is 0.222 e. The number of piperidine rings is 1. The Morgan fingerprint density at radius 1 is 1.19 bits per heavy atom. The van der Waals surface area contributed by atoms with Crippen molar-refractivity contribution in [2.45, 2.75) is 30.6 Å². The van der Waals surface area contributed by atoms with E-state index in [-0.39, 0.29) is 0 Å². The Kier molecular flexibility index (Phi) is 4.48. The Morgan fingerprint density at radius 2 is 1.96 bits per heavy atom. The van der Waals surface area contributed by atoms with Crippen molar-refractivity contribution in [2.24, 2.45) is 0 Å². The number of benzene rings is 1. The zero-order valence-electron chi connectivity index (χ0n) is 14.8.